The number of fused-ring (bicyclic) bond motifs is 1. The summed E-state index contributed by atoms with van der Waals surface area (Å²) >= 11 is 0. The molecule has 8 nitrogen and oxygen atoms in total. The Labute approximate surface area is 155 Å². The summed E-state index contributed by atoms with van der Waals surface area (Å²) in [4.78, 5) is 35.0. The predicted molar refractivity (Wildman–Crippen MR) is 97.5 cm³/mol. The molecule has 1 heterocycles. The van der Waals surface area contributed by atoms with Crippen molar-refractivity contribution in [3.05, 3.63) is 53.6 Å². The molecule has 2 aromatic carbocycles. The van der Waals surface area contributed by atoms with E-state index in [0.29, 0.717) is 29.3 Å². The summed E-state index contributed by atoms with van der Waals surface area (Å²) in [6, 6.07) is 12.0. The van der Waals surface area contributed by atoms with Crippen molar-refractivity contribution in [2.45, 2.75) is 13.5 Å². The number of benzene rings is 2. The standard InChI is InChI=1S/C19H19N3O5/c1-12(23)22-15-5-2-13(3-6-15)9-20-18(24)10-21-19(25)14-4-7-16-17(8-14)27-11-26-16/h2-8H,9-11H2,1H3,(H,20,24)(H,21,25)(H,22,23). The first-order chi connectivity index (χ1) is 13.0. The zero-order valence-electron chi connectivity index (χ0n) is 14.7. The smallest absolute Gasteiger partial charge is 0.251 e. The van der Waals surface area contributed by atoms with Gasteiger partial charge in [0.15, 0.2) is 11.5 Å². The van der Waals surface area contributed by atoms with Gasteiger partial charge >= 0.3 is 0 Å². The highest BCUT2D eigenvalue weighted by molar-refractivity contribution is 5.97. The van der Waals surface area contributed by atoms with Gasteiger partial charge in [-0.15, -0.1) is 0 Å². The number of amides is 3. The van der Waals surface area contributed by atoms with Gasteiger partial charge in [0, 0.05) is 24.7 Å². The van der Waals surface area contributed by atoms with E-state index < -0.39 is 0 Å². The number of anilines is 1. The number of rotatable bonds is 6. The summed E-state index contributed by atoms with van der Waals surface area (Å²) in [5, 5.41) is 7.95. The molecule has 3 N–H and O–H groups in total. The van der Waals surface area contributed by atoms with Gasteiger partial charge in [0.1, 0.15) is 0 Å². The Kier molecular flexibility index (Phi) is 5.55. The average Bonchev–Trinajstić information content (AvgIpc) is 3.13. The van der Waals surface area contributed by atoms with Crippen molar-refractivity contribution in [1.29, 1.82) is 0 Å². The van der Waals surface area contributed by atoms with Gasteiger partial charge in [0.2, 0.25) is 18.6 Å². The Hall–Kier alpha value is -3.55. The fourth-order valence-corrected chi connectivity index (χ4v) is 2.47. The molecule has 0 spiro atoms. The third kappa shape index (κ3) is 4.97. The molecule has 0 saturated carbocycles. The van der Waals surface area contributed by atoms with E-state index in [0.717, 1.165) is 5.56 Å². The SMILES string of the molecule is CC(=O)Nc1ccc(CNC(=O)CNC(=O)c2ccc3c(c2)OCO3)cc1. The maximum atomic E-state index is 12.1. The van der Waals surface area contributed by atoms with Crippen LogP contribution in [0.4, 0.5) is 5.69 Å². The number of carbonyl (C=O) groups excluding carboxylic acids is 3. The van der Waals surface area contributed by atoms with Crippen molar-refractivity contribution in [3.63, 3.8) is 0 Å². The van der Waals surface area contributed by atoms with E-state index >= 15 is 0 Å². The minimum Gasteiger partial charge on any atom is -0.454 e. The van der Waals surface area contributed by atoms with Crippen LogP contribution in [0.3, 0.4) is 0 Å². The minimum absolute atomic E-state index is 0.134. The lowest BCUT2D eigenvalue weighted by atomic mass is 10.2. The topological polar surface area (TPSA) is 106 Å². The van der Waals surface area contributed by atoms with Crippen LogP contribution in [0.25, 0.3) is 0 Å². The molecule has 1 aliphatic heterocycles. The maximum Gasteiger partial charge on any atom is 0.251 e. The Morgan fingerprint density at radius 1 is 0.963 bits per heavy atom. The van der Waals surface area contributed by atoms with Gasteiger partial charge in [0.25, 0.3) is 5.91 Å². The molecule has 0 fully saturated rings. The Morgan fingerprint density at radius 3 is 2.44 bits per heavy atom. The van der Waals surface area contributed by atoms with Crippen molar-refractivity contribution in [2.24, 2.45) is 0 Å². The number of nitrogens with one attached hydrogen (secondary N) is 3. The molecule has 1 aliphatic rings. The first-order valence-electron chi connectivity index (χ1n) is 8.32. The molecule has 0 aliphatic carbocycles. The quantitative estimate of drug-likeness (QED) is 0.714. The van der Waals surface area contributed by atoms with Crippen LogP contribution in [0.2, 0.25) is 0 Å². The van der Waals surface area contributed by atoms with E-state index in [-0.39, 0.29) is 31.1 Å². The second-order valence-corrected chi connectivity index (χ2v) is 5.91. The summed E-state index contributed by atoms with van der Waals surface area (Å²) in [5.41, 5.74) is 1.95. The van der Waals surface area contributed by atoms with Crippen LogP contribution >= 0.6 is 0 Å². The van der Waals surface area contributed by atoms with Crippen LogP contribution < -0.4 is 25.4 Å². The van der Waals surface area contributed by atoms with Crippen molar-refractivity contribution in [3.8, 4) is 11.5 Å². The highest BCUT2D eigenvalue weighted by Crippen LogP contribution is 2.32. The highest BCUT2D eigenvalue weighted by Gasteiger charge is 2.16. The first kappa shape index (κ1) is 18.2. The van der Waals surface area contributed by atoms with Crippen LogP contribution in [0.1, 0.15) is 22.8 Å². The van der Waals surface area contributed by atoms with Crippen molar-refractivity contribution in [1.82, 2.24) is 10.6 Å². The molecule has 140 valence electrons. The molecule has 0 radical (unpaired) electrons. The molecule has 0 atom stereocenters. The van der Waals surface area contributed by atoms with Crippen LogP contribution in [0, 0.1) is 0 Å². The van der Waals surface area contributed by atoms with Gasteiger partial charge in [-0.2, -0.15) is 0 Å². The Bertz CT molecular complexity index is 864. The molecular weight excluding hydrogens is 350 g/mol. The van der Waals surface area contributed by atoms with Crippen molar-refractivity contribution in [2.75, 3.05) is 18.7 Å². The molecule has 27 heavy (non-hydrogen) atoms. The van der Waals surface area contributed by atoms with E-state index in [2.05, 4.69) is 16.0 Å². The number of hydrogen-bond acceptors (Lipinski definition) is 5. The van der Waals surface area contributed by atoms with Gasteiger partial charge in [-0.1, -0.05) is 12.1 Å². The maximum absolute atomic E-state index is 12.1. The lowest BCUT2D eigenvalue weighted by Crippen LogP contribution is -2.36. The Balaban J connectivity index is 1.44. The average molecular weight is 369 g/mol. The third-order valence-corrected chi connectivity index (χ3v) is 3.81. The predicted octanol–water partition coefficient (Wildman–Crippen LogP) is 1.42. The van der Waals surface area contributed by atoms with E-state index in [9.17, 15) is 14.4 Å². The van der Waals surface area contributed by atoms with Gasteiger partial charge in [-0.05, 0) is 35.9 Å². The molecule has 0 bridgehead atoms. The summed E-state index contributed by atoms with van der Waals surface area (Å²) in [7, 11) is 0. The lowest BCUT2D eigenvalue weighted by Gasteiger charge is -2.08. The molecule has 3 amide bonds. The molecule has 0 aromatic heterocycles. The van der Waals surface area contributed by atoms with Crippen molar-refractivity contribution >= 4 is 23.4 Å². The van der Waals surface area contributed by atoms with Gasteiger partial charge in [-0.3, -0.25) is 14.4 Å². The zero-order chi connectivity index (χ0) is 19.2. The fraction of sp³-hybridized carbons (Fsp3) is 0.211. The summed E-state index contributed by atoms with van der Waals surface area (Å²) in [6.45, 7) is 1.75. The van der Waals surface area contributed by atoms with Crippen LogP contribution in [0.5, 0.6) is 11.5 Å². The largest absolute Gasteiger partial charge is 0.454 e. The van der Waals surface area contributed by atoms with Crippen LogP contribution in [0.15, 0.2) is 42.5 Å². The first-order valence-corrected chi connectivity index (χ1v) is 8.32. The van der Waals surface area contributed by atoms with Gasteiger partial charge in [0.05, 0.1) is 6.54 Å². The fourth-order valence-electron chi connectivity index (χ4n) is 2.47. The lowest BCUT2D eigenvalue weighted by molar-refractivity contribution is -0.120. The minimum atomic E-state index is -0.372. The number of carbonyl (C=O) groups is 3. The van der Waals surface area contributed by atoms with E-state index in [1.807, 2.05) is 0 Å². The number of ether oxygens (including phenoxy) is 2. The summed E-state index contributed by atoms with van der Waals surface area (Å²) in [6.07, 6.45) is 0. The van der Waals surface area contributed by atoms with Crippen LogP contribution in [-0.4, -0.2) is 31.1 Å². The van der Waals surface area contributed by atoms with Gasteiger partial charge < -0.3 is 25.4 Å². The second-order valence-electron chi connectivity index (χ2n) is 5.91. The summed E-state index contributed by atoms with van der Waals surface area (Å²) < 4.78 is 10.4. The molecule has 3 rings (SSSR count). The van der Waals surface area contributed by atoms with Crippen molar-refractivity contribution < 1.29 is 23.9 Å². The molecule has 8 heteroatoms. The summed E-state index contributed by atoms with van der Waals surface area (Å²) in [5.74, 6) is 0.274. The molecular formula is C19H19N3O5. The normalized spacial score (nSPS) is 11.6. The monoisotopic (exact) mass is 369 g/mol. The molecule has 0 unspecified atom stereocenters. The van der Waals surface area contributed by atoms with E-state index in [4.69, 9.17) is 9.47 Å². The number of hydrogen-bond donors (Lipinski definition) is 3. The van der Waals surface area contributed by atoms with Crippen LogP contribution in [-0.2, 0) is 16.1 Å². The zero-order valence-corrected chi connectivity index (χ0v) is 14.7. The molecule has 0 saturated heterocycles. The second kappa shape index (κ2) is 8.22. The molecule has 2 aromatic rings. The third-order valence-electron chi connectivity index (χ3n) is 3.81. The van der Waals surface area contributed by atoms with E-state index in [1.54, 1.807) is 42.5 Å². The Morgan fingerprint density at radius 2 is 1.70 bits per heavy atom. The van der Waals surface area contributed by atoms with Gasteiger partial charge in [-0.25, -0.2) is 0 Å². The van der Waals surface area contributed by atoms with E-state index in [1.165, 1.54) is 6.92 Å². The highest BCUT2D eigenvalue weighted by atomic mass is 16.7.